The third-order valence-electron chi connectivity index (χ3n) is 2.65. The molecule has 1 unspecified atom stereocenters. The topological polar surface area (TPSA) is 21.3 Å². The van der Waals surface area contributed by atoms with Gasteiger partial charge in [0.25, 0.3) is 0 Å². The SMILES string of the molecule is COc1ccc(C(NC(C)C)C(C)C)cc1. The monoisotopic (exact) mass is 221 g/mol. The Morgan fingerprint density at radius 2 is 1.56 bits per heavy atom. The average molecular weight is 221 g/mol. The maximum atomic E-state index is 5.17. The lowest BCUT2D eigenvalue weighted by Gasteiger charge is -2.25. The van der Waals surface area contributed by atoms with Gasteiger partial charge in [0.2, 0.25) is 0 Å². The third kappa shape index (κ3) is 3.53. The minimum absolute atomic E-state index is 0.408. The van der Waals surface area contributed by atoms with Crippen LogP contribution in [-0.2, 0) is 0 Å². The van der Waals surface area contributed by atoms with Crippen LogP contribution in [0.25, 0.3) is 0 Å². The van der Waals surface area contributed by atoms with E-state index < -0.39 is 0 Å². The van der Waals surface area contributed by atoms with Crippen LogP contribution in [0.1, 0.15) is 39.3 Å². The molecule has 0 aromatic heterocycles. The molecule has 0 aliphatic heterocycles. The quantitative estimate of drug-likeness (QED) is 0.823. The minimum atomic E-state index is 0.408. The van der Waals surface area contributed by atoms with Crippen molar-refractivity contribution < 1.29 is 4.74 Å². The molecule has 0 fully saturated rings. The van der Waals surface area contributed by atoms with E-state index in [1.54, 1.807) is 7.11 Å². The molecule has 0 amide bonds. The zero-order chi connectivity index (χ0) is 12.1. The van der Waals surface area contributed by atoms with E-state index in [-0.39, 0.29) is 0 Å². The van der Waals surface area contributed by atoms with Crippen molar-refractivity contribution in [2.45, 2.75) is 39.8 Å². The zero-order valence-electron chi connectivity index (χ0n) is 10.9. The van der Waals surface area contributed by atoms with Crippen molar-refractivity contribution in [3.8, 4) is 5.75 Å². The Hall–Kier alpha value is -1.02. The summed E-state index contributed by atoms with van der Waals surface area (Å²) in [5, 5.41) is 3.59. The summed E-state index contributed by atoms with van der Waals surface area (Å²) in [5.74, 6) is 1.49. The van der Waals surface area contributed by atoms with Gasteiger partial charge in [-0.15, -0.1) is 0 Å². The molecule has 1 rings (SSSR count). The molecule has 0 radical (unpaired) electrons. The van der Waals surface area contributed by atoms with Crippen LogP contribution in [0.4, 0.5) is 0 Å². The molecule has 0 aliphatic carbocycles. The fourth-order valence-corrected chi connectivity index (χ4v) is 1.84. The highest BCUT2D eigenvalue weighted by Crippen LogP contribution is 2.24. The Balaban J connectivity index is 2.84. The van der Waals surface area contributed by atoms with E-state index in [0.717, 1.165) is 5.75 Å². The van der Waals surface area contributed by atoms with Crippen LogP contribution in [0.2, 0.25) is 0 Å². The van der Waals surface area contributed by atoms with Gasteiger partial charge in [0.05, 0.1) is 7.11 Å². The molecule has 0 heterocycles. The second kappa shape index (κ2) is 5.90. The predicted molar refractivity (Wildman–Crippen MR) is 68.8 cm³/mol. The van der Waals surface area contributed by atoms with E-state index in [0.29, 0.717) is 18.0 Å². The molecule has 16 heavy (non-hydrogen) atoms. The lowest BCUT2D eigenvalue weighted by atomic mass is 9.95. The van der Waals surface area contributed by atoms with E-state index in [4.69, 9.17) is 4.74 Å². The minimum Gasteiger partial charge on any atom is -0.497 e. The van der Waals surface area contributed by atoms with Crippen LogP contribution in [-0.4, -0.2) is 13.2 Å². The number of hydrogen-bond acceptors (Lipinski definition) is 2. The van der Waals surface area contributed by atoms with Crippen LogP contribution >= 0.6 is 0 Å². The summed E-state index contributed by atoms with van der Waals surface area (Å²) < 4.78 is 5.17. The molecule has 0 spiro atoms. The normalized spacial score (nSPS) is 13.2. The van der Waals surface area contributed by atoms with Crippen molar-refractivity contribution >= 4 is 0 Å². The van der Waals surface area contributed by atoms with Gasteiger partial charge in [-0.2, -0.15) is 0 Å². The van der Waals surface area contributed by atoms with E-state index in [1.807, 2.05) is 12.1 Å². The van der Waals surface area contributed by atoms with Gasteiger partial charge in [-0.25, -0.2) is 0 Å². The first-order valence-electron chi connectivity index (χ1n) is 5.94. The van der Waals surface area contributed by atoms with Gasteiger partial charge >= 0.3 is 0 Å². The Morgan fingerprint density at radius 3 is 1.94 bits per heavy atom. The highest BCUT2D eigenvalue weighted by atomic mass is 16.5. The van der Waals surface area contributed by atoms with Crippen LogP contribution in [0.5, 0.6) is 5.75 Å². The maximum Gasteiger partial charge on any atom is 0.118 e. The predicted octanol–water partition coefficient (Wildman–Crippen LogP) is 3.39. The first-order chi connectivity index (χ1) is 7.54. The van der Waals surface area contributed by atoms with Crippen molar-refractivity contribution in [1.29, 1.82) is 0 Å². The molecule has 1 atom stereocenters. The molecular formula is C14H23NO. The molecule has 1 N–H and O–H groups in total. The first-order valence-corrected chi connectivity index (χ1v) is 5.94. The molecule has 1 aromatic rings. The number of hydrogen-bond donors (Lipinski definition) is 1. The van der Waals surface area contributed by atoms with Crippen LogP contribution in [0.15, 0.2) is 24.3 Å². The largest absolute Gasteiger partial charge is 0.497 e. The standard InChI is InChI=1S/C14H23NO/c1-10(2)14(15-11(3)4)12-6-8-13(16-5)9-7-12/h6-11,14-15H,1-5H3. The van der Waals surface area contributed by atoms with E-state index in [1.165, 1.54) is 5.56 Å². The molecule has 2 nitrogen and oxygen atoms in total. The van der Waals surface area contributed by atoms with Crippen LogP contribution < -0.4 is 10.1 Å². The van der Waals surface area contributed by atoms with Crippen molar-refractivity contribution in [3.05, 3.63) is 29.8 Å². The summed E-state index contributed by atoms with van der Waals surface area (Å²) in [6, 6.07) is 9.22. The summed E-state index contributed by atoms with van der Waals surface area (Å²) in [4.78, 5) is 0. The summed E-state index contributed by atoms with van der Waals surface area (Å²) in [6.45, 7) is 8.84. The molecular weight excluding hydrogens is 198 g/mol. The van der Waals surface area contributed by atoms with Crippen molar-refractivity contribution in [2.24, 2.45) is 5.92 Å². The fourth-order valence-electron chi connectivity index (χ4n) is 1.84. The molecule has 0 bridgehead atoms. The van der Waals surface area contributed by atoms with Gasteiger partial charge in [-0.1, -0.05) is 39.8 Å². The molecule has 2 heteroatoms. The number of nitrogens with one attached hydrogen (secondary N) is 1. The first kappa shape index (κ1) is 13.0. The summed E-state index contributed by atoms with van der Waals surface area (Å²) in [6.07, 6.45) is 0. The second-order valence-electron chi connectivity index (χ2n) is 4.82. The summed E-state index contributed by atoms with van der Waals surface area (Å²) >= 11 is 0. The van der Waals surface area contributed by atoms with Gasteiger partial charge in [0.1, 0.15) is 5.75 Å². The van der Waals surface area contributed by atoms with Crippen LogP contribution in [0, 0.1) is 5.92 Å². The Labute approximate surface area is 99.0 Å². The Bertz CT molecular complexity index is 303. The van der Waals surface area contributed by atoms with Crippen molar-refractivity contribution in [1.82, 2.24) is 5.32 Å². The lowest BCUT2D eigenvalue weighted by Crippen LogP contribution is -2.31. The molecule has 0 saturated carbocycles. The Kier molecular flexibility index (Phi) is 4.81. The number of rotatable bonds is 5. The molecule has 0 aliphatic rings. The van der Waals surface area contributed by atoms with Gasteiger partial charge in [0.15, 0.2) is 0 Å². The zero-order valence-corrected chi connectivity index (χ0v) is 10.9. The number of benzene rings is 1. The smallest absolute Gasteiger partial charge is 0.118 e. The molecule has 0 saturated heterocycles. The molecule has 1 aromatic carbocycles. The fraction of sp³-hybridized carbons (Fsp3) is 0.571. The molecule has 90 valence electrons. The Morgan fingerprint density at radius 1 is 1.00 bits per heavy atom. The third-order valence-corrected chi connectivity index (χ3v) is 2.65. The summed E-state index contributed by atoms with van der Waals surface area (Å²) in [5.41, 5.74) is 1.32. The second-order valence-corrected chi connectivity index (χ2v) is 4.82. The highest BCUT2D eigenvalue weighted by molar-refractivity contribution is 5.29. The van der Waals surface area contributed by atoms with Gasteiger partial charge in [-0.05, 0) is 23.6 Å². The van der Waals surface area contributed by atoms with Crippen molar-refractivity contribution in [3.63, 3.8) is 0 Å². The van der Waals surface area contributed by atoms with Gasteiger partial charge in [0, 0.05) is 12.1 Å². The van der Waals surface area contributed by atoms with Gasteiger partial charge in [-0.3, -0.25) is 0 Å². The average Bonchev–Trinajstić information content (AvgIpc) is 2.25. The van der Waals surface area contributed by atoms with Gasteiger partial charge < -0.3 is 10.1 Å². The number of ether oxygens (including phenoxy) is 1. The summed E-state index contributed by atoms with van der Waals surface area (Å²) in [7, 11) is 1.70. The van der Waals surface area contributed by atoms with Crippen LogP contribution in [0.3, 0.4) is 0 Å². The van der Waals surface area contributed by atoms with E-state index in [9.17, 15) is 0 Å². The lowest BCUT2D eigenvalue weighted by molar-refractivity contribution is 0.379. The maximum absolute atomic E-state index is 5.17. The van der Waals surface area contributed by atoms with E-state index in [2.05, 4.69) is 45.1 Å². The van der Waals surface area contributed by atoms with E-state index >= 15 is 0 Å². The number of methoxy groups -OCH3 is 1. The van der Waals surface area contributed by atoms with Crippen molar-refractivity contribution in [2.75, 3.05) is 7.11 Å². The highest BCUT2D eigenvalue weighted by Gasteiger charge is 2.16.